The third kappa shape index (κ3) is 19.1. The topological polar surface area (TPSA) is 412 Å². The van der Waals surface area contributed by atoms with E-state index < -0.39 is 58.3 Å². The average molecular weight is 1480 g/mol. The number of halogens is 4. The van der Waals surface area contributed by atoms with E-state index in [1.165, 1.54) is 91.9 Å². The molecule has 5 saturated carbocycles. The molecule has 4 heterocycles. The van der Waals surface area contributed by atoms with Gasteiger partial charge in [-0.3, -0.25) is 38.4 Å². The van der Waals surface area contributed by atoms with Crippen LogP contribution < -0.4 is 21.3 Å². The molecular formula is C71H62F4N12O12S4. The summed E-state index contributed by atoms with van der Waals surface area (Å²) >= 11 is 4.17. The molecule has 4 aromatic heterocycles. The summed E-state index contributed by atoms with van der Waals surface area (Å²) in [6.07, 6.45) is 7.10. The van der Waals surface area contributed by atoms with E-state index in [-0.39, 0.29) is 74.5 Å². The van der Waals surface area contributed by atoms with Crippen molar-refractivity contribution in [2.75, 3.05) is 21.3 Å². The summed E-state index contributed by atoms with van der Waals surface area (Å²) in [5.41, 5.74) is 2.66. The van der Waals surface area contributed by atoms with Gasteiger partial charge in [0.25, 0.3) is 0 Å². The smallest absolute Gasteiger partial charge is 0.309 e. The monoisotopic (exact) mass is 1480 g/mol. The van der Waals surface area contributed by atoms with Crippen molar-refractivity contribution >= 4 is 113 Å². The van der Waals surface area contributed by atoms with Crippen LogP contribution in [0.3, 0.4) is 0 Å². The van der Waals surface area contributed by atoms with Gasteiger partial charge in [0, 0.05) is 45.4 Å². The zero-order valence-corrected chi connectivity index (χ0v) is 57.8. The minimum atomic E-state index is -1.07. The van der Waals surface area contributed by atoms with Crippen molar-refractivity contribution in [3.8, 4) is 69.3 Å². The lowest BCUT2D eigenvalue weighted by molar-refractivity contribution is -0.162. The van der Waals surface area contributed by atoms with Gasteiger partial charge >= 0.3 is 23.9 Å². The second-order valence-electron chi connectivity index (χ2n) is 24.8. The number of benzene rings is 4. The van der Waals surface area contributed by atoms with Gasteiger partial charge in [0.1, 0.15) is 89.8 Å². The summed E-state index contributed by atoms with van der Waals surface area (Å²) in [6.45, 7) is 1.49. The van der Waals surface area contributed by atoms with Gasteiger partial charge in [-0.15, -0.1) is 0 Å². The molecule has 0 radical (unpaired) electrons. The van der Waals surface area contributed by atoms with Crippen LogP contribution in [0.5, 0.6) is 0 Å². The second kappa shape index (κ2) is 34.0. The van der Waals surface area contributed by atoms with Gasteiger partial charge in [-0.05, 0) is 181 Å². The highest BCUT2D eigenvalue weighted by atomic mass is 32.1. The predicted octanol–water partition coefficient (Wildman–Crippen LogP) is 14.4. The Bertz CT molecular complexity index is 4660. The number of carbonyl (C=O) groups excluding carboxylic acids is 4. The number of amides is 4. The van der Waals surface area contributed by atoms with E-state index in [2.05, 4.69) is 47.3 Å². The number of aromatic nitrogens is 4. The molecule has 2 unspecified atom stereocenters. The van der Waals surface area contributed by atoms with Gasteiger partial charge in [0.05, 0.1) is 23.7 Å². The van der Waals surface area contributed by atoms with Crippen LogP contribution in [0.1, 0.15) is 123 Å². The number of carboxylic acid groups (broad SMARTS) is 4. The number of thiazole rings is 4. The van der Waals surface area contributed by atoms with Crippen molar-refractivity contribution in [3.05, 3.63) is 140 Å². The molecule has 530 valence electrons. The summed E-state index contributed by atoms with van der Waals surface area (Å²) in [5.74, 6) is -8.45. The van der Waals surface area contributed by atoms with Crippen LogP contribution in [-0.2, 0) is 38.4 Å². The molecule has 3 atom stereocenters. The Morgan fingerprint density at radius 1 is 0.447 bits per heavy atom. The maximum Gasteiger partial charge on any atom is 0.309 e. The number of rotatable bonds is 17. The first-order chi connectivity index (χ1) is 49.2. The highest BCUT2D eigenvalue weighted by Crippen LogP contribution is 2.57. The van der Waals surface area contributed by atoms with Gasteiger partial charge in [-0.1, -0.05) is 58.7 Å². The van der Waals surface area contributed by atoms with Gasteiger partial charge in [-0.25, -0.2) is 37.5 Å². The Morgan fingerprint density at radius 3 is 1.09 bits per heavy atom. The molecule has 8 aromatic rings. The number of hydrogen-bond acceptors (Lipinski definition) is 20. The fraction of sp³-hybridized carbons (Fsp3) is 0.324. The van der Waals surface area contributed by atoms with E-state index in [4.69, 9.17) is 20.6 Å². The Balaban J connectivity index is 0.000000160. The Labute approximate surface area is 601 Å². The number of carbonyl (C=O) groups is 8. The standard InChI is InChI=1S/C20H18FN3O3S.2C18H16FN3O3S.C15H12FN3O3S/c21-13-3-1-12(2-4-13)15-14(11-22)28-18(23-15)24-16(25)19-5-8-20(9-6-19,10-7-19)17(26)27;19-13-7-5-10(6-8-13)15-14(9-20)26-18(21-15)22-16(23)11-1-3-12(4-2-11)17(24)25;19-13-6-4-10(5-7-13)15-14(9-20)26-18(21-15)22-16(23)11-2-1-3-12(8-11)17(24)25;1-8(6-12(20)21)14(22)19-15-18-13(11(7-17)23-15)9-2-4-10(16)5-3-9/h1-4H,5-10H2,(H,26,27)(H,23,24,25);5-8,11-12H,1-4H2,(H,24,25)(H,21,22,23);4-7,11-12H,1-3,8H2,(H,24,25)(H,21,22,23);2-5,8H,6H2,1H3,(H,20,21)(H,18,19,22)/t;;;8-/m...0/s1. The third-order valence-corrected chi connectivity index (χ3v) is 21.7. The summed E-state index contributed by atoms with van der Waals surface area (Å²) < 4.78 is 52.3. The molecule has 13 rings (SSSR count). The molecular weight excluding hydrogens is 1420 g/mol. The minimum Gasteiger partial charge on any atom is -0.481 e. The largest absolute Gasteiger partial charge is 0.481 e. The predicted molar refractivity (Wildman–Crippen MR) is 371 cm³/mol. The lowest BCUT2D eigenvalue weighted by Crippen LogP contribution is -2.50. The first-order valence-electron chi connectivity index (χ1n) is 32.1. The molecule has 5 aliphatic carbocycles. The number of nitriles is 4. The number of nitrogens with one attached hydrogen (secondary N) is 4. The molecule has 24 nitrogen and oxygen atoms in total. The molecule has 8 N–H and O–H groups in total. The van der Waals surface area contributed by atoms with Crippen LogP contribution >= 0.6 is 45.3 Å². The maximum absolute atomic E-state index is 13.2. The number of anilines is 4. The van der Waals surface area contributed by atoms with Crippen LogP contribution in [-0.4, -0.2) is 87.9 Å². The molecule has 5 aliphatic rings. The quantitative estimate of drug-likeness (QED) is 0.0393. The highest BCUT2D eigenvalue weighted by molar-refractivity contribution is 7.17. The molecule has 5 fully saturated rings. The molecule has 0 aliphatic heterocycles. The molecule has 32 heteroatoms. The van der Waals surface area contributed by atoms with Gasteiger partial charge < -0.3 is 41.7 Å². The van der Waals surface area contributed by atoms with Crippen LogP contribution in [0.15, 0.2) is 97.1 Å². The van der Waals surface area contributed by atoms with Crippen molar-refractivity contribution in [3.63, 3.8) is 0 Å². The number of hydrogen-bond donors (Lipinski definition) is 8. The van der Waals surface area contributed by atoms with E-state index in [0.717, 1.165) is 45.3 Å². The third-order valence-electron chi connectivity index (χ3n) is 18.2. The number of aliphatic carboxylic acids is 4. The first kappa shape index (κ1) is 76.0. The van der Waals surface area contributed by atoms with Gasteiger partial charge in [0.15, 0.2) is 20.5 Å². The molecule has 2 bridgehead atoms. The zero-order valence-electron chi connectivity index (χ0n) is 54.5. The normalized spacial score (nSPS) is 19.5. The molecule has 4 aromatic carbocycles. The molecule has 4 amide bonds. The summed E-state index contributed by atoms with van der Waals surface area (Å²) in [4.78, 5) is 112. The number of nitrogens with zero attached hydrogens (tertiary/aromatic N) is 8. The van der Waals surface area contributed by atoms with Crippen molar-refractivity contribution < 1.29 is 76.3 Å². The highest BCUT2D eigenvalue weighted by Gasteiger charge is 2.56. The lowest BCUT2D eigenvalue weighted by atomic mass is 9.53. The second-order valence-corrected chi connectivity index (χ2v) is 28.8. The van der Waals surface area contributed by atoms with Crippen LogP contribution in [0.25, 0.3) is 45.0 Å². The van der Waals surface area contributed by atoms with E-state index in [9.17, 15) is 76.8 Å². The summed E-state index contributed by atoms with van der Waals surface area (Å²) in [6, 6.07) is 30.6. The molecule has 0 saturated heterocycles. The maximum atomic E-state index is 13.2. The fourth-order valence-corrected chi connectivity index (χ4v) is 15.5. The van der Waals surface area contributed by atoms with Crippen molar-refractivity contribution in [2.45, 2.75) is 103 Å². The minimum absolute atomic E-state index is 0.157. The van der Waals surface area contributed by atoms with E-state index in [1.807, 2.05) is 18.2 Å². The van der Waals surface area contributed by atoms with Crippen molar-refractivity contribution in [1.29, 1.82) is 21.0 Å². The summed E-state index contributed by atoms with van der Waals surface area (Å²) in [7, 11) is 0. The Kier molecular flexibility index (Phi) is 25.1. The van der Waals surface area contributed by atoms with E-state index in [1.54, 1.807) is 12.1 Å². The van der Waals surface area contributed by atoms with Gasteiger partial charge in [-0.2, -0.15) is 21.0 Å². The fourth-order valence-electron chi connectivity index (χ4n) is 12.3. The SMILES string of the molecule is C[C@@H](CC(=O)O)C(=O)Nc1nc(-c2ccc(F)cc2)c(C#N)s1.N#Cc1sc(NC(=O)C23CCC(C(=O)O)(CC2)CC3)nc1-c1ccc(F)cc1.N#Cc1sc(NC(=O)C2CCC(C(=O)O)CC2)nc1-c1ccc(F)cc1.N#Cc1sc(NC(=O)C2CCCC(C(=O)O)C2)nc1-c1ccc(F)cc1. The van der Waals surface area contributed by atoms with Crippen molar-refractivity contribution in [2.24, 2.45) is 40.4 Å². The first-order valence-corrected chi connectivity index (χ1v) is 35.3. The van der Waals surface area contributed by atoms with Crippen LogP contribution in [0, 0.1) is 109 Å². The van der Waals surface area contributed by atoms with Crippen LogP contribution in [0.4, 0.5) is 38.1 Å². The average Bonchev–Trinajstić information content (AvgIpc) is 1.53. The Morgan fingerprint density at radius 2 is 0.757 bits per heavy atom. The van der Waals surface area contributed by atoms with Crippen molar-refractivity contribution in [1.82, 2.24) is 19.9 Å². The summed E-state index contributed by atoms with van der Waals surface area (Å²) in [5, 5.41) is 85.4. The van der Waals surface area contributed by atoms with Crippen LogP contribution in [0.2, 0.25) is 0 Å². The molecule has 0 spiro atoms. The number of carboxylic acids is 4. The Hall–Kier alpha value is -11.2. The van der Waals surface area contributed by atoms with Gasteiger partial charge in [0.2, 0.25) is 23.6 Å². The zero-order chi connectivity index (χ0) is 74.3. The number of fused-ring (bicyclic) bond motifs is 3. The molecule has 103 heavy (non-hydrogen) atoms. The van der Waals surface area contributed by atoms with E-state index >= 15 is 0 Å². The lowest BCUT2D eigenvalue weighted by Gasteiger charge is -2.50. The van der Waals surface area contributed by atoms with E-state index in [0.29, 0.717) is 160 Å².